The quantitative estimate of drug-likeness (QED) is 0.712. The van der Waals surface area contributed by atoms with Gasteiger partial charge in [-0.05, 0) is 56.2 Å². The van der Waals surface area contributed by atoms with E-state index in [0.29, 0.717) is 0 Å². The minimum absolute atomic E-state index is 0.815. The summed E-state index contributed by atoms with van der Waals surface area (Å²) >= 11 is 0. The molecular formula is C11H18N2. The highest BCUT2D eigenvalue weighted by atomic mass is 14.7. The SMILES string of the molecule is Cc1c[nH]c2c1CCC(CCN)C2. The Balaban J connectivity index is 2.11. The van der Waals surface area contributed by atoms with Gasteiger partial charge in [0.05, 0.1) is 0 Å². The van der Waals surface area contributed by atoms with Gasteiger partial charge >= 0.3 is 0 Å². The predicted molar refractivity (Wildman–Crippen MR) is 54.7 cm³/mol. The first kappa shape index (κ1) is 8.82. The van der Waals surface area contributed by atoms with Crippen LogP contribution in [0, 0.1) is 12.8 Å². The van der Waals surface area contributed by atoms with Crippen molar-refractivity contribution in [3.05, 3.63) is 23.0 Å². The number of fused-ring (bicyclic) bond motifs is 1. The molecule has 1 unspecified atom stereocenters. The Bertz CT molecular complexity index is 288. The number of aryl methyl sites for hydroxylation is 1. The second kappa shape index (κ2) is 3.54. The lowest BCUT2D eigenvalue weighted by Crippen LogP contribution is -2.17. The van der Waals surface area contributed by atoms with Crippen LogP contribution in [-0.4, -0.2) is 11.5 Å². The zero-order chi connectivity index (χ0) is 9.26. The molecule has 0 radical (unpaired) electrons. The molecule has 2 rings (SSSR count). The molecule has 0 spiro atoms. The summed E-state index contributed by atoms with van der Waals surface area (Å²) in [4.78, 5) is 3.37. The van der Waals surface area contributed by atoms with Crippen molar-refractivity contribution in [2.75, 3.05) is 6.54 Å². The molecule has 0 amide bonds. The van der Waals surface area contributed by atoms with Gasteiger partial charge < -0.3 is 10.7 Å². The molecule has 1 aliphatic rings. The number of nitrogens with two attached hydrogens (primary N) is 1. The minimum Gasteiger partial charge on any atom is -0.364 e. The lowest BCUT2D eigenvalue weighted by Gasteiger charge is -2.21. The molecule has 1 aromatic rings. The summed E-state index contributed by atoms with van der Waals surface area (Å²) < 4.78 is 0. The molecular weight excluding hydrogens is 160 g/mol. The van der Waals surface area contributed by atoms with Crippen molar-refractivity contribution in [2.45, 2.75) is 32.6 Å². The Morgan fingerprint density at radius 3 is 3.23 bits per heavy atom. The lowest BCUT2D eigenvalue weighted by atomic mass is 9.85. The van der Waals surface area contributed by atoms with E-state index in [0.717, 1.165) is 12.5 Å². The highest BCUT2D eigenvalue weighted by Crippen LogP contribution is 2.28. The summed E-state index contributed by atoms with van der Waals surface area (Å²) in [5.74, 6) is 0.815. The molecule has 0 saturated heterocycles. The normalized spacial score (nSPS) is 21.5. The maximum absolute atomic E-state index is 5.57. The van der Waals surface area contributed by atoms with Crippen molar-refractivity contribution in [1.82, 2.24) is 4.98 Å². The van der Waals surface area contributed by atoms with Crippen LogP contribution in [0.4, 0.5) is 0 Å². The first-order valence-corrected chi connectivity index (χ1v) is 5.17. The van der Waals surface area contributed by atoms with Crippen molar-refractivity contribution in [2.24, 2.45) is 11.7 Å². The van der Waals surface area contributed by atoms with Crippen LogP contribution in [0.15, 0.2) is 6.20 Å². The third-order valence-electron chi connectivity index (χ3n) is 3.17. The molecule has 0 bridgehead atoms. The summed E-state index contributed by atoms with van der Waals surface area (Å²) in [5.41, 5.74) is 10.0. The van der Waals surface area contributed by atoms with Crippen molar-refractivity contribution in [1.29, 1.82) is 0 Å². The van der Waals surface area contributed by atoms with Crippen LogP contribution in [0.1, 0.15) is 29.7 Å². The Hall–Kier alpha value is -0.760. The van der Waals surface area contributed by atoms with E-state index >= 15 is 0 Å². The number of nitrogens with one attached hydrogen (secondary N) is 1. The predicted octanol–water partition coefficient (Wildman–Crippen LogP) is 1.78. The van der Waals surface area contributed by atoms with Crippen molar-refractivity contribution in [3.63, 3.8) is 0 Å². The van der Waals surface area contributed by atoms with Gasteiger partial charge in [0.2, 0.25) is 0 Å². The van der Waals surface area contributed by atoms with E-state index < -0.39 is 0 Å². The monoisotopic (exact) mass is 178 g/mol. The van der Waals surface area contributed by atoms with Gasteiger partial charge in [0, 0.05) is 11.9 Å². The standard InChI is InChI=1S/C11H18N2/c1-8-7-13-11-6-9(4-5-12)2-3-10(8)11/h7,9,13H,2-6,12H2,1H3. The highest BCUT2D eigenvalue weighted by molar-refractivity contribution is 5.32. The third kappa shape index (κ3) is 1.63. The number of rotatable bonds is 2. The van der Waals surface area contributed by atoms with Gasteiger partial charge in [-0.15, -0.1) is 0 Å². The summed E-state index contributed by atoms with van der Waals surface area (Å²) in [6, 6.07) is 0. The smallest absolute Gasteiger partial charge is 0.0185 e. The largest absolute Gasteiger partial charge is 0.364 e. The molecule has 0 saturated carbocycles. The fourth-order valence-corrected chi connectivity index (χ4v) is 2.36. The molecule has 0 fully saturated rings. The average molecular weight is 178 g/mol. The molecule has 3 N–H and O–H groups in total. The van der Waals surface area contributed by atoms with Crippen LogP contribution < -0.4 is 5.73 Å². The Labute approximate surface area is 79.5 Å². The van der Waals surface area contributed by atoms with Crippen LogP contribution in [0.3, 0.4) is 0 Å². The number of aromatic nitrogens is 1. The first-order valence-electron chi connectivity index (χ1n) is 5.17. The fraction of sp³-hybridized carbons (Fsp3) is 0.636. The summed E-state index contributed by atoms with van der Waals surface area (Å²) in [5, 5.41) is 0. The van der Waals surface area contributed by atoms with Crippen molar-refractivity contribution >= 4 is 0 Å². The lowest BCUT2D eigenvalue weighted by molar-refractivity contribution is 0.429. The first-order chi connectivity index (χ1) is 6.31. The number of hydrogen-bond donors (Lipinski definition) is 2. The average Bonchev–Trinajstić information content (AvgIpc) is 2.48. The third-order valence-corrected chi connectivity index (χ3v) is 3.17. The van der Waals surface area contributed by atoms with Crippen LogP contribution in [0.5, 0.6) is 0 Å². The second-order valence-corrected chi connectivity index (χ2v) is 4.11. The zero-order valence-electron chi connectivity index (χ0n) is 8.27. The second-order valence-electron chi connectivity index (χ2n) is 4.11. The van der Waals surface area contributed by atoms with Gasteiger partial charge in [-0.1, -0.05) is 0 Å². The Morgan fingerprint density at radius 1 is 1.62 bits per heavy atom. The molecule has 1 atom stereocenters. The van der Waals surface area contributed by atoms with Crippen molar-refractivity contribution in [3.8, 4) is 0 Å². The van der Waals surface area contributed by atoms with Crippen LogP contribution >= 0.6 is 0 Å². The van der Waals surface area contributed by atoms with Gasteiger partial charge in [-0.2, -0.15) is 0 Å². The van der Waals surface area contributed by atoms with Crippen LogP contribution in [-0.2, 0) is 12.8 Å². The van der Waals surface area contributed by atoms with E-state index in [-0.39, 0.29) is 0 Å². The molecule has 13 heavy (non-hydrogen) atoms. The Kier molecular flexibility index (Phi) is 2.40. The van der Waals surface area contributed by atoms with E-state index in [9.17, 15) is 0 Å². The van der Waals surface area contributed by atoms with Gasteiger partial charge in [0.1, 0.15) is 0 Å². The van der Waals surface area contributed by atoms with E-state index in [1.54, 1.807) is 5.56 Å². The van der Waals surface area contributed by atoms with E-state index in [1.165, 1.54) is 36.9 Å². The van der Waals surface area contributed by atoms with E-state index in [4.69, 9.17) is 5.73 Å². The fourth-order valence-electron chi connectivity index (χ4n) is 2.36. The molecule has 0 aliphatic heterocycles. The molecule has 2 nitrogen and oxygen atoms in total. The van der Waals surface area contributed by atoms with Crippen LogP contribution in [0.25, 0.3) is 0 Å². The van der Waals surface area contributed by atoms with Gasteiger partial charge in [0.25, 0.3) is 0 Å². The van der Waals surface area contributed by atoms with Crippen molar-refractivity contribution < 1.29 is 0 Å². The molecule has 2 heteroatoms. The number of H-pyrrole nitrogens is 1. The summed E-state index contributed by atoms with van der Waals surface area (Å²) in [6.07, 6.45) is 7.09. The number of hydrogen-bond acceptors (Lipinski definition) is 1. The van der Waals surface area contributed by atoms with Crippen LogP contribution in [0.2, 0.25) is 0 Å². The molecule has 72 valence electrons. The van der Waals surface area contributed by atoms with E-state index in [1.807, 2.05) is 0 Å². The maximum Gasteiger partial charge on any atom is 0.0185 e. The highest BCUT2D eigenvalue weighted by Gasteiger charge is 2.20. The van der Waals surface area contributed by atoms with Gasteiger partial charge in [-0.25, -0.2) is 0 Å². The molecule has 0 aromatic carbocycles. The minimum atomic E-state index is 0.815. The van der Waals surface area contributed by atoms with E-state index in [2.05, 4.69) is 18.1 Å². The Morgan fingerprint density at radius 2 is 2.46 bits per heavy atom. The number of aromatic amines is 1. The summed E-state index contributed by atoms with van der Waals surface area (Å²) in [6.45, 7) is 3.03. The molecule has 1 aromatic heterocycles. The van der Waals surface area contributed by atoms with Gasteiger partial charge in [0.15, 0.2) is 0 Å². The van der Waals surface area contributed by atoms with Gasteiger partial charge in [-0.3, -0.25) is 0 Å². The zero-order valence-corrected chi connectivity index (χ0v) is 8.27. The topological polar surface area (TPSA) is 41.8 Å². The molecule has 1 heterocycles. The molecule has 1 aliphatic carbocycles. The maximum atomic E-state index is 5.57. The summed E-state index contributed by atoms with van der Waals surface area (Å²) in [7, 11) is 0.